The number of nitrogens with zero attached hydrogens (tertiary/aromatic N) is 4. The van der Waals surface area contributed by atoms with E-state index in [1.54, 1.807) is 54.0 Å². The Labute approximate surface area is 184 Å². The van der Waals surface area contributed by atoms with Gasteiger partial charge in [-0.05, 0) is 68.2 Å². The van der Waals surface area contributed by atoms with Gasteiger partial charge in [0.2, 0.25) is 5.91 Å². The van der Waals surface area contributed by atoms with Gasteiger partial charge in [0.05, 0.1) is 5.69 Å². The summed E-state index contributed by atoms with van der Waals surface area (Å²) in [6.45, 7) is 5.84. The summed E-state index contributed by atoms with van der Waals surface area (Å²) in [5.74, 6) is -0.793. The molecule has 2 aromatic heterocycles. The maximum atomic E-state index is 13.5. The zero-order chi connectivity index (χ0) is 21.7. The van der Waals surface area contributed by atoms with E-state index in [0.717, 1.165) is 18.0 Å². The Kier molecular flexibility index (Phi) is 6.79. The molecule has 156 valence electrons. The lowest BCUT2D eigenvalue weighted by molar-refractivity contribution is -0.124. The average Bonchev–Trinajstić information content (AvgIpc) is 3.27. The molecule has 7 nitrogen and oxygen atoms in total. The van der Waals surface area contributed by atoms with Crippen molar-refractivity contribution in [1.82, 2.24) is 19.9 Å². The predicted molar refractivity (Wildman–Crippen MR) is 118 cm³/mol. The number of aromatic nitrogens is 3. The van der Waals surface area contributed by atoms with E-state index in [2.05, 4.69) is 19.9 Å². The van der Waals surface area contributed by atoms with Gasteiger partial charge in [0.1, 0.15) is 0 Å². The molecule has 3 rings (SSSR count). The second kappa shape index (κ2) is 9.32. The highest BCUT2D eigenvalue weighted by Crippen LogP contribution is 2.30. The Morgan fingerprint density at radius 3 is 2.50 bits per heavy atom. The number of pyridine rings is 1. The van der Waals surface area contributed by atoms with Crippen LogP contribution in [0.3, 0.4) is 0 Å². The third-order valence-corrected chi connectivity index (χ3v) is 5.48. The first-order chi connectivity index (χ1) is 14.3. The van der Waals surface area contributed by atoms with Crippen LogP contribution in [0.2, 0.25) is 5.02 Å². The van der Waals surface area contributed by atoms with Crippen LogP contribution in [0, 0.1) is 0 Å². The summed E-state index contributed by atoms with van der Waals surface area (Å²) >= 11 is 7.11. The number of nitrogens with one attached hydrogen (secondary N) is 1. The van der Waals surface area contributed by atoms with Crippen LogP contribution in [0.15, 0.2) is 54.0 Å². The van der Waals surface area contributed by atoms with Crippen molar-refractivity contribution in [2.75, 3.05) is 4.90 Å². The fourth-order valence-corrected chi connectivity index (χ4v) is 3.33. The summed E-state index contributed by atoms with van der Waals surface area (Å²) in [4.78, 5) is 32.7. The number of carbonyl (C=O) groups is 2. The molecule has 0 bridgehead atoms. The van der Waals surface area contributed by atoms with Gasteiger partial charge < -0.3 is 5.32 Å². The lowest BCUT2D eigenvalue weighted by Crippen LogP contribution is -2.50. The van der Waals surface area contributed by atoms with E-state index < -0.39 is 17.5 Å². The van der Waals surface area contributed by atoms with Crippen LogP contribution in [0.4, 0.5) is 5.69 Å². The lowest BCUT2D eigenvalue weighted by Gasteiger charge is -2.33. The Morgan fingerprint density at radius 2 is 1.93 bits per heavy atom. The quantitative estimate of drug-likeness (QED) is 0.588. The number of hydrogen-bond donors (Lipinski definition) is 1. The largest absolute Gasteiger partial charge is 0.349 e. The number of carbonyl (C=O) groups excluding carboxylic acids is 2. The zero-order valence-corrected chi connectivity index (χ0v) is 18.4. The van der Waals surface area contributed by atoms with Gasteiger partial charge in [0.25, 0.3) is 5.91 Å². The Bertz CT molecular complexity index is 994. The standard InChI is InChI=1S/C21H22ClN5O2S/c1-4-21(2,3)24-19(28)18(16-7-5-6-12-23-16)27(15-10-8-14(22)9-11-15)20(29)17-13-30-26-25-17/h5-13,18H,4H2,1-3H3,(H,24,28). The molecule has 0 saturated carbocycles. The average molecular weight is 444 g/mol. The van der Waals surface area contributed by atoms with Crippen LogP contribution in [0.5, 0.6) is 0 Å². The minimum atomic E-state index is -1.01. The summed E-state index contributed by atoms with van der Waals surface area (Å²) in [5.41, 5.74) is 0.630. The number of anilines is 1. The molecule has 1 atom stereocenters. The third kappa shape index (κ3) is 5.01. The zero-order valence-electron chi connectivity index (χ0n) is 16.9. The summed E-state index contributed by atoms with van der Waals surface area (Å²) in [6.07, 6.45) is 2.31. The smallest absolute Gasteiger partial charge is 0.280 e. The van der Waals surface area contributed by atoms with Crippen molar-refractivity contribution in [2.45, 2.75) is 38.8 Å². The predicted octanol–water partition coefficient (Wildman–Crippen LogP) is 4.28. The number of amides is 2. The summed E-state index contributed by atoms with van der Waals surface area (Å²) in [6, 6.07) is 11.0. The normalized spacial score (nSPS) is 12.3. The third-order valence-electron chi connectivity index (χ3n) is 4.72. The van der Waals surface area contributed by atoms with E-state index in [1.165, 1.54) is 4.90 Å². The molecule has 2 heterocycles. The van der Waals surface area contributed by atoms with Gasteiger partial charge >= 0.3 is 0 Å². The minimum absolute atomic E-state index is 0.151. The molecule has 9 heteroatoms. The first-order valence-electron chi connectivity index (χ1n) is 9.41. The molecule has 1 unspecified atom stereocenters. The van der Waals surface area contributed by atoms with Gasteiger partial charge in [-0.15, -0.1) is 5.10 Å². The molecule has 30 heavy (non-hydrogen) atoms. The van der Waals surface area contributed by atoms with E-state index in [1.807, 2.05) is 20.8 Å². The van der Waals surface area contributed by atoms with Crippen LogP contribution in [0.25, 0.3) is 0 Å². The van der Waals surface area contributed by atoms with Crippen molar-refractivity contribution in [2.24, 2.45) is 0 Å². The first kappa shape index (κ1) is 21.9. The molecule has 0 saturated heterocycles. The van der Waals surface area contributed by atoms with Gasteiger partial charge in [-0.1, -0.05) is 29.1 Å². The van der Waals surface area contributed by atoms with Crippen LogP contribution in [-0.4, -0.2) is 31.9 Å². The molecule has 0 fully saturated rings. The van der Waals surface area contributed by atoms with Crippen molar-refractivity contribution in [1.29, 1.82) is 0 Å². The molecule has 0 aliphatic rings. The Morgan fingerprint density at radius 1 is 1.20 bits per heavy atom. The molecule has 0 spiro atoms. The Hall–Kier alpha value is -2.84. The molecular weight excluding hydrogens is 422 g/mol. The van der Waals surface area contributed by atoms with Gasteiger partial charge in [-0.25, -0.2) is 0 Å². The van der Waals surface area contributed by atoms with Crippen molar-refractivity contribution < 1.29 is 9.59 Å². The molecule has 2 amide bonds. The molecular formula is C21H22ClN5O2S. The number of benzene rings is 1. The number of halogens is 1. The van der Waals surface area contributed by atoms with Crippen LogP contribution < -0.4 is 10.2 Å². The van der Waals surface area contributed by atoms with Gasteiger partial charge in [0.15, 0.2) is 11.7 Å². The second-order valence-electron chi connectivity index (χ2n) is 7.33. The molecule has 3 aromatic rings. The van der Waals surface area contributed by atoms with Crippen molar-refractivity contribution in [3.05, 3.63) is 70.5 Å². The van der Waals surface area contributed by atoms with Crippen molar-refractivity contribution in [3.63, 3.8) is 0 Å². The molecule has 0 radical (unpaired) electrons. The van der Waals surface area contributed by atoms with E-state index in [-0.39, 0.29) is 11.6 Å². The second-order valence-corrected chi connectivity index (χ2v) is 8.37. The fourth-order valence-electron chi connectivity index (χ4n) is 2.78. The first-order valence-corrected chi connectivity index (χ1v) is 10.6. The van der Waals surface area contributed by atoms with E-state index in [4.69, 9.17) is 11.6 Å². The number of rotatable bonds is 7. The van der Waals surface area contributed by atoms with Crippen molar-refractivity contribution >= 4 is 40.6 Å². The molecule has 1 N–H and O–H groups in total. The SMILES string of the molecule is CCC(C)(C)NC(=O)C(c1ccccn1)N(C(=O)c1csnn1)c1ccc(Cl)cc1. The molecule has 0 aliphatic carbocycles. The van der Waals surface area contributed by atoms with Gasteiger partial charge in [-0.2, -0.15) is 0 Å². The van der Waals surface area contributed by atoms with Crippen LogP contribution >= 0.6 is 23.1 Å². The highest BCUT2D eigenvalue weighted by molar-refractivity contribution is 7.03. The van der Waals surface area contributed by atoms with Crippen LogP contribution in [-0.2, 0) is 4.79 Å². The summed E-state index contributed by atoms with van der Waals surface area (Å²) in [7, 11) is 0. The molecule has 0 aliphatic heterocycles. The summed E-state index contributed by atoms with van der Waals surface area (Å²) in [5, 5.41) is 9.01. The van der Waals surface area contributed by atoms with E-state index in [9.17, 15) is 9.59 Å². The monoisotopic (exact) mass is 443 g/mol. The van der Waals surface area contributed by atoms with Gasteiger partial charge in [0, 0.05) is 27.8 Å². The highest BCUT2D eigenvalue weighted by atomic mass is 35.5. The lowest BCUT2D eigenvalue weighted by atomic mass is 10.00. The van der Waals surface area contributed by atoms with E-state index in [0.29, 0.717) is 16.4 Å². The van der Waals surface area contributed by atoms with Gasteiger partial charge in [-0.3, -0.25) is 19.5 Å². The van der Waals surface area contributed by atoms with Crippen LogP contribution in [0.1, 0.15) is 49.4 Å². The Balaban J connectivity index is 2.14. The van der Waals surface area contributed by atoms with E-state index >= 15 is 0 Å². The van der Waals surface area contributed by atoms with Crippen molar-refractivity contribution in [3.8, 4) is 0 Å². The topological polar surface area (TPSA) is 88.1 Å². The molecule has 1 aromatic carbocycles. The minimum Gasteiger partial charge on any atom is -0.349 e. The maximum Gasteiger partial charge on any atom is 0.280 e. The fraction of sp³-hybridized carbons (Fsp3) is 0.286. The maximum absolute atomic E-state index is 13.5. The summed E-state index contributed by atoms with van der Waals surface area (Å²) < 4.78 is 3.79. The highest BCUT2D eigenvalue weighted by Gasteiger charge is 2.37. The number of hydrogen-bond acceptors (Lipinski definition) is 6.